The summed E-state index contributed by atoms with van der Waals surface area (Å²) in [5, 5.41) is 3.18. The topological polar surface area (TPSA) is 131 Å². The van der Waals surface area contributed by atoms with Crippen LogP contribution in [0.2, 0.25) is 0 Å². The second-order valence-electron chi connectivity index (χ2n) is 8.42. The first kappa shape index (κ1) is 32.0. The monoisotopic (exact) mass is 495 g/mol. The summed E-state index contributed by atoms with van der Waals surface area (Å²) in [5.74, 6) is -0.361. The fourth-order valence-electron chi connectivity index (χ4n) is 3.42. The third-order valence-corrected chi connectivity index (χ3v) is 5.75. The molecule has 0 aliphatic carbocycles. The minimum absolute atomic E-state index is 0.284. The van der Waals surface area contributed by atoms with E-state index in [2.05, 4.69) is 21.5 Å². The van der Waals surface area contributed by atoms with Gasteiger partial charge in [-0.1, -0.05) is 77.6 Å². The molecule has 33 heavy (non-hydrogen) atoms. The number of ether oxygens (including phenoxy) is 2. The molecule has 0 rings (SSSR count). The van der Waals surface area contributed by atoms with Crippen LogP contribution in [0.4, 0.5) is 0 Å². The van der Waals surface area contributed by atoms with Crippen molar-refractivity contribution in [1.29, 1.82) is 0 Å². The highest BCUT2D eigenvalue weighted by molar-refractivity contribution is 7.46. The lowest BCUT2D eigenvalue weighted by atomic mass is 10.1. The largest absolute Gasteiger partial charge is 0.469 e. The lowest BCUT2D eigenvalue weighted by Gasteiger charge is -2.19. The normalized spacial score (nSPS) is 12.5. The molecule has 0 aromatic heterocycles. The van der Waals surface area contributed by atoms with Gasteiger partial charge in [0, 0.05) is 13.0 Å². The Hall–Kier alpha value is -0.990. The molecule has 0 aromatic carbocycles. The Morgan fingerprint density at radius 3 is 2.09 bits per heavy atom. The van der Waals surface area contributed by atoms with Crippen LogP contribution in [-0.2, 0) is 28.2 Å². The first-order valence-electron chi connectivity index (χ1n) is 12.5. The maximum atomic E-state index is 12.1. The van der Waals surface area contributed by atoms with E-state index in [1.807, 2.05) is 0 Å². The first-order chi connectivity index (χ1) is 15.9. The van der Waals surface area contributed by atoms with Crippen molar-refractivity contribution in [2.45, 2.75) is 109 Å². The van der Waals surface area contributed by atoms with Crippen molar-refractivity contribution in [2.75, 3.05) is 26.3 Å². The number of phosphoric acid groups is 1. The van der Waals surface area contributed by atoms with Crippen LogP contribution in [0.5, 0.6) is 0 Å². The van der Waals surface area contributed by atoms with Crippen molar-refractivity contribution in [3.05, 3.63) is 0 Å². The van der Waals surface area contributed by atoms with Gasteiger partial charge in [0.05, 0.1) is 13.2 Å². The number of phosphoric ester groups is 1. The van der Waals surface area contributed by atoms with Crippen LogP contribution < -0.4 is 5.32 Å². The van der Waals surface area contributed by atoms with E-state index in [1.165, 1.54) is 32.1 Å². The summed E-state index contributed by atoms with van der Waals surface area (Å²) in [7, 11) is -4.62. The van der Waals surface area contributed by atoms with Crippen LogP contribution in [0.25, 0.3) is 0 Å². The Kier molecular flexibility index (Phi) is 22.1. The van der Waals surface area contributed by atoms with Crippen LogP contribution in [0.3, 0.4) is 0 Å². The molecular formula is C23H46NO8P. The fourth-order valence-corrected chi connectivity index (χ4v) is 3.78. The minimum atomic E-state index is -4.62. The van der Waals surface area contributed by atoms with Gasteiger partial charge in [-0.25, -0.2) is 4.57 Å². The molecule has 196 valence electrons. The molecule has 3 N–H and O–H groups in total. The summed E-state index contributed by atoms with van der Waals surface area (Å²) in [6, 6.07) is 0. The smallest absolute Gasteiger partial charge is 0.468 e. The predicted molar refractivity (Wildman–Crippen MR) is 128 cm³/mol. The number of carbonyl (C=O) groups is 2. The first-order valence-corrected chi connectivity index (χ1v) is 14.1. The van der Waals surface area contributed by atoms with Gasteiger partial charge in [0.15, 0.2) is 0 Å². The molecule has 0 amide bonds. The predicted octanol–water partition coefficient (Wildman–Crippen LogP) is 4.64. The van der Waals surface area contributed by atoms with Crippen molar-refractivity contribution in [3.8, 4) is 0 Å². The molecule has 0 unspecified atom stereocenters. The van der Waals surface area contributed by atoms with Crippen LogP contribution in [-0.4, -0.2) is 54.6 Å². The van der Waals surface area contributed by atoms with E-state index >= 15 is 0 Å². The number of nitrogens with one attached hydrogen (secondary N) is 1. The number of hydrogen-bond acceptors (Lipinski definition) is 7. The average Bonchev–Trinajstić information content (AvgIpc) is 2.76. The van der Waals surface area contributed by atoms with E-state index in [1.54, 1.807) is 0 Å². The van der Waals surface area contributed by atoms with Crippen molar-refractivity contribution in [1.82, 2.24) is 5.32 Å². The van der Waals surface area contributed by atoms with Gasteiger partial charge in [0.2, 0.25) is 0 Å². The van der Waals surface area contributed by atoms with Crippen LogP contribution in [0, 0.1) is 0 Å². The van der Waals surface area contributed by atoms with Crippen LogP contribution in [0.15, 0.2) is 0 Å². The van der Waals surface area contributed by atoms with E-state index in [0.29, 0.717) is 19.5 Å². The molecule has 0 aliphatic rings. The molecule has 10 heteroatoms. The van der Waals surface area contributed by atoms with Crippen molar-refractivity contribution in [3.63, 3.8) is 0 Å². The maximum Gasteiger partial charge on any atom is 0.469 e. The van der Waals surface area contributed by atoms with E-state index in [-0.39, 0.29) is 19.1 Å². The summed E-state index contributed by atoms with van der Waals surface area (Å²) >= 11 is 0. The number of unbranched alkanes of at least 4 members (excludes halogenated alkanes) is 12. The van der Waals surface area contributed by atoms with E-state index in [4.69, 9.17) is 14.5 Å². The summed E-state index contributed by atoms with van der Waals surface area (Å²) in [6.07, 6.45) is 14.7. The second-order valence-corrected chi connectivity index (χ2v) is 9.65. The Bertz CT molecular complexity index is 515. The highest BCUT2D eigenvalue weighted by Crippen LogP contribution is 2.35. The number of hydrogen-bond donors (Lipinski definition) is 3. The Morgan fingerprint density at radius 1 is 0.909 bits per heavy atom. The summed E-state index contributed by atoms with van der Waals surface area (Å²) in [5.41, 5.74) is 0. The zero-order valence-electron chi connectivity index (χ0n) is 20.4. The molecule has 0 saturated carbocycles. The summed E-state index contributed by atoms with van der Waals surface area (Å²) < 4.78 is 25.6. The average molecular weight is 496 g/mol. The molecule has 1 atom stereocenters. The highest BCUT2D eigenvalue weighted by atomic mass is 31.2. The quantitative estimate of drug-likeness (QED) is 0.0717. The van der Waals surface area contributed by atoms with Gasteiger partial charge in [0.25, 0.3) is 6.47 Å². The molecular weight excluding hydrogens is 449 g/mol. The van der Waals surface area contributed by atoms with Gasteiger partial charge < -0.3 is 24.6 Å². The summed E-state index contributed by atoms with van der Waals surface area (Å²) in [6.45, 7) is 3.79. The zero-order valence-corrected chi connectivity index (χ0v) is 21.3. The SMILES string of the molecule is CCCCCCCCCCC(=O)O[C@@H](CNCCCCCCCCOC=O)COP(=O)(O)O. The molecule has 0 fully saturated rings. The lowest BCUT2D eigenvalue weighted by Crippen LogP contribution is -2.35. The number of rotatable bonds is 25. The van der Waals surface area contributed by atoms with Gasteiger partial charge in [0.1, 0.15) is 6.10 Å². The zero-order chi connectivity index (χ0) is 24.6. The van der Waals surface area contributed by atoms with Gasteiger partial charge in [-0.05, 0) is 25.8 Å². The second kappa shape index (κ2) is 22.8. The van der Waals surface area contributed by atoms with Crippen molar-refractivity contribution >= 4 is 20.3 Å². The molecule has 0 saturated heterocycles. The van der Waals surface area contributed by atoms with Gasteiger partial charge in [-0.3, -0.25) is 14.1 Å². The Morgan fingerprint density at radius 2 is 1.48 bits per heavy atom. The number of esters is 1. The Balaban J connectivity index is 3.96. The molecule has 9 nitrogen and oxygen atoms in total. The molecule has 0 aliphatic heterocycles. The van der Waals surface area contributed by atoms with E-state index in [9.17, 15) is 14.2 Å². The minimum Gasteiger partial charge on any atom is -0.468 e. The van der Waals surface area contributed by atoms with E-state index < -0.39 is 13.9 Å². The third kappa shape index (κ3) is 25.5. The van der Waals surface area contributed by atoms with Crippen molar-refractivity contribution in [2.24, 2.45) is 0 Å². The molecule has 0 bridgehead atoms. The molecule has 0 radical (unpaired) electrons. The Labute approximate surface area is 199 Å². The highest BCUT2D eigenvalue weighted by Gasteiger charge is 2.21. The third-order valence-electron chi connectivity index (χ3n) is 5.27. The van der Waals surface area contributed by atoms with Crippen LogP contribution >= 0.6 is 7.82 Å². The van der Waals surface area contributed by atoms with Crippen LogP contribution in [0.1, 0.15) is 103 Å². The standard InChI is InChI=1S/C23H46NO8P/c1-2-3-4-5-6-7-10-13-16-23(26)32-22(20-31-33(27,28)29)19-24-17-14-11-8-9-12-15-18-30-21-25/h21-22,24H,2-20H2,1H3,(H2,27,28,29)/t22-/m0/s1. The lowest BCUT2D eigenvalue weighted by molar-refractivity contribution is -0.150. The van der Waals surface area contributed by atoms with Gasteiger partial charge in [-0.2, -0.15) is 0 Å². The molecule has 0 spiro atoms. The maximum absolute atomic E-state index is 12.1. The molecule has 0 heterocycles. The number of carbonyl (C=O) groups excluding carboxylic acids is 2. The van der Waals surface area contributed by atoms with Gasteiger partial charge in [-0.15, -0.1) is 0 Å². The molecule has 0 aromatic rings. The van der Waals surface area contributed by atoms with E-state index in [0.717, 1.165) is 64.3 Å². The fraction of sp³-hybridized carbons (Fsp3) is 0.913. The van der Waals surface area contributed by atoms with Crippen molar-refractivity contribution < 1.29 is 37.9 Å². The summed E-state index contributed by atoms with van der Waals surface area (Å²) in [4.78, 5) is 40.1. The van der Waals surface area contributed by atoms with Gasteiger partial charge >= 0.3 is 13.8 Å².